The van der Waals surface area contributed by atoms with Gasteiger partial charge in [0.05, 0.1) is 11.4 Å². The number of ketones is 1. The number of para-hydroxylation sites is 3. The average molecular weight is 390 g/mol. The van der Waals surface area contributed by atoms with Crippen molar-refractivity contribution in [3.05, 3.63) is 126 Å². The Labute approximate surface area is 177 Å². The number of carbonyl (C=O) groups excluding carboxylic acids is 1. The molecular weight excluding hydrogens is 368 g/mol. The minimum absolute atomic E-state index is 0.00786. The molecule has 0 saturated carbocycles. The van der Waals surface area contributed by atoms with Crippen molar-refractivity contribution in [3.8, 4) is 0 Å². The Morgan fingerprint density at radius 2 is 1.27 bits per heavy atom. The Balaban J connectivity index is 1.71. The molecule has 0 unspecified atom stereocenters. The Bertz CT molecular complexity index is 1170. The third-order valence-electron chi connectivity index (χ3n) is 4.95. The number of hydrogen-bond donors (Lipinski definition) is 0. The van der Waals surface area contributed by atoms with Gasteiger partial charge in [-0.3, -0.25) is 9.79 Å². The molecule has 0 aliphatic carbocycles. The number of benzene rings is 4. The van der Waals surface area contributed by atoms with E-state index in [0.717, 1.165) is 22.6 Å². The molecule has 0 saturated heterocycles. The highest BCUT2D eigenvalue weighted by Gasteiger charge is 2.17. The summed E-state index contributed by atoms with van der Waals surface area (Å²) in [7, 11) is 1.98. The fraction of sp³-hybridized carbons (Fsp3) is 0.0370. The van der Waals surface area contributed by atoms with Gasteiger partial charge in [0.1, 0.15) is 0 Å². The monoisotopic (exact) mass is 390 g/mol. The normalized spacial score (nSPS) is 10.8. The van der Waals surface area contributed by atoms with Gasteiger partial charge in [-0.15, -0.1) is 0 Å². The minimum Gasteiger partial charge on any atom is -0.343 e. The number of anilines is 2. The van der Waals surface area contributed by atoms with Crippen LogP contribution in [0.25, 0.3) is 0 Å². The highest BCUT2D eigenvalue weighted by Crippen LogP contribution is 2.30. The second-order valence-corrected chi connectivity index (χ2v) is 6.92. The third kappa shape index (κ3) is 4.20. The summed E-state index contributed by atoms with van der Waals surface area (Å²) in [6.45, 7) is 0. The summed E-state index contributed by atoms with van der Waals surface area (Å²) in [5.41, 5.74) is 5.05. The lowest BCUT2D eigenvalue weighted by molar-refractivity contribution is 0.103. The Morgan fingerprint density at radius 3 is 2.00 bits per heavy atom. The molecule has 0 aliphatic rings. The molecule has 0 amide bonds. The van der Waals surface area contributed by atoms with Gasteiger partial charge in [-0.2, -0.15) is 0 Å². The van der Waals surface area contributed by atoms with Crippen molar-refractivity contribution < 1.29 is 4.79 Å². The van der Waals surface area contributed by atoms with E-state index >= 15 is 0 Å². The van der Waals surface area contributed by atoms with Crippen molar-refractivity contribution in [3.63, 3.8) is 0 Å². The van der Waals surface area contributed by atoms with Crippen LogP contribution in [0, 0.1) is 0 Å². The van der Waals surface area contributed by atoms with Gasteiger partial charge in [-0.05, 0) is 30.3 Å². The predicted octanol–water partition coefficient (Wildman–Crippen LogP) is 6.44. The molecule has 3 nitrogen and oxygen atoms in total. The van der Waals surface area contributed by atoms with Crippen LogP contribution in [-0.2, 0) is 0 Å². The smallest absolute Gasteiger partial charge is 0.195 e. The maximum absolute atomic E-state index is 13.1. The molecule has 0 radical (unpaired) electrons. The topological polar surface area (TPSA) is 32.7 Å². The largest absolute Gasteiger partial charge is 0.343 e. The average Bonchev–Trinajstić information content (AvgIpc) is 2.83. The van der Waals surface area contributed by atoms with Crippen molar-refractivity contribution >= 4 is 29.1 Å². The minimum atomic E-state index is 0.00786. The van der Waals surface area contributed by atoms with E-state index < -0.39 is 0 Å². The highest BCUT2D eigenvalue weighted by atomic mass is 16.1. The van der Waals surface area contributed by atoms with Crippen LogP contribution in [0.15, 0.2) is 114 Å². The molecule has 146 valence electrons. The van der Waals surface area contributed by atoms with E-state index in [0.29, 0.717) is 11.1 Å². The van der Waals surface area contributed by atoms with Gasteiger partial charge in [0.2, 0.25) is 0 Å². The van der Waals surface area contributed by atoms with E-state index in [4.69, 9.17) is 0 Å². The molecule has 0 atom stereocenters. The molecular formula is C27H22N2O. The zero-order chi connectivity index (χ0) is 20.8. The summed E-state index contributed by atoms with van der Waals surface area (Å²) in [5, 5.41) is 0. The molecule has 0 aliphatic heterocycles. The van der Waals surface area contributed by atoms with E-state index in [-0.39, 0.29) is 5.78 Å². The summed E-state index contributed by atoms with van der Waals surface area (Å²) >= 11 is 0. The SMILES string of the molecule is CN(c1ccccc1C=Nc1ccccc1)c1ccccc1C(=O)c1ccccc1. The maximum Gasteiger partial charge on any atom is 0.195 e. The first-order valence-electron chi connectivity index (χ1n) is 9.85. The fourth-order valence-electron chi connectivity index (χ4n) is 3.39. The van der Waals surface area contributed by atoms with Crippen molar-refractivity contribution in [1.82, 2.24) is 0 Å². The molecule has 30 heavy (non-hydrogen) atoms. The van der Waals surface area contributed by atoms with Gasteiger partial charge in [-0.1, -0.05) is 78.9 Å². The van der Waals surface area contributed by atoms with Crippen LogP contribution in [0.1, 0.15) is 21.5 Å². The summed E-state index contributed by atoms with van der Waals surface area (Å²) in [4.78, 5) is 19.8. The summed E-state index contributed by atoms with van der Waals surface area (Å²) < 4.78 is 0. The molecule has 4 aromatic carbocycles. The number of aliphatic imine (C=N–C) groups is 1. The lowest BCUT2D eigenvalue weighted by Gasteiger charge is -2.24. The molecule has 0 heterocycles. The molecule has 0 spiro atoms. The molecule has 0 N–H and O–H groups in total. The van der Waals surface area contributed by atoms with Crippen molar-refractivity contribution in [2.24, 2.45) is 4.99 Å². The van der Waals surface area contributed by atoms with Crippen molar-refractivity contribution in [1.29, 1.82) is 0 Å². The maximum atomic E-state index is 13.1. The lowest BCUT2D eigenvalue weighted by Crippen LogP contribution is -2.16. The molecule has 0 aromatic heterocycles. The van der Waals surface area contributed by atoms with Crippen LogP contribution in [0.3, 0.4) is 0 Å². The van der Waals surface area contributed by atoms with Gasteiger partial charge >= 0.3 is 0 Å². The van der Waals surface area contributed by atoms with E-state index in [2.05, 4.69) is 4.99 Å². The van der Waals surface area contributed by atoms with Crippen molar-refractivity contribution in [2.45, 2.75) is 0 Å². The van der Waals surface area contributed by atoms with Gasteiger partial charge in [0.15, 0.2) is 5.78 Å². The third-order valence-corrected chi connectivity index (χ3v) is 4.95. The number of rotatable bonds is 6. The summed E-state index contributed by atoms with van der Waals surface area (Å²) in [6, 6.07) is 35.0. The van der Waals surface area contributed by atoms with Gasteiger partial charge in [-0.25, -0.2) is 0 Å². The quantitative estimate of drug-likeness (QED) is 0.280. The molecule has 0 bridgehead atoms. The lowest BCUT2D eigenvalue weighted by atomic mass is 10.0. The van der Waals surface area contributed by atoms with Crippen LogP contribution in [0.5, 0.6) is 0 Å². The van der Waals surface area contributed by atoms with E-state index in [1.54, 1.807) is 0 Å². The Kier molecular flexibility index (Phi) is 5.81. The van der Waals surface area contributed by atoms with Crippen LogP contribution < -0.4 is 4.90 Å². The number of nitrogens with zero attached hydrogens (tertiary/aromatic N) is 2. The Hall–Kier alpha value is -3.98. The van der Waals surface area contributed by atoms with E-state index in [1.165, 1.54) is 0 Å². The van der Waals surface area contributed by atoms with E-state index in [1.807, 2.05) is 127 Å². The number of carbonyl (C=O) groups is 1. The first-order chi connectivity index (χ1) is 14.7. The molecule has 4 aromatic rings. The molecule has 4 rings (SSSR count). The fourth-order valence-corrected chi connectivity index (χ4v) is 3.39. The van der Waals surface area contributed by atoms with Gasteiger partial charge < -0.3 is 4.90 Å². The second kappa shape index (κ2) is 9.01. The Morgan fingerprint density at radius 1 is 0.700 bits per heavy atom. The first-order valence-corrected chi connectivity index (χ1v) is 9.85. The zero-order valence-corrected chi connectivity index (χ0v) is 16.8. The standard InChI is InChI=1S/C27H22N2O/c1-29(25-18-10-8-14-22(25)20-28-23-15-6-3-7-16-23)26-19-11-9-17-24(26)27(30)21-12-4-2-5-13-21/h2-20H,1H3. The second-order valence-electron chi connectivity index (χ2n) is 6.92. The highest BCUT2D eigenvalue weighted by molar-refractivity contribution is 6.13. The van der Waals surface area contributed by atoms with Crippen LogP contribution in [0.2, 0.25) is 0 Å². The van der Waals surface area contributed by atoms with Crippen LogP contribution in [0.4, 0.5) is 17.1 Å². The van der Waals surface area contributed by atoms with Crippen molar-refractivity contribution in [2.75, 3.05) is 11.9 Å². The van der Waals surface area contributed by atoms with E-state index in [9.17, 15) is 4.79 Å². The van der Waals surface area contributed by atoms with Crippen LogP contribution in [-0.4, -0.2) is 19.0 Å². The predicted molar refractivity (Wildman–Crippen MR) is 125 cm³/mol. The number of hydrogen-bond acceptors (Lipinski definition) is 3. The van der Waals surface area contributed by atoms with Gasteiger partial charge in [0, 0.05) is 35.6 Å². The zero-order valence-electron chi connectivity index (χ0n) is 16.8. The summed E-state index contributed by atoms with van der Waals surface area (Å²) in [5.74, 6) is 0.00786. The van der Waals surface area contributed by atoms with Gasteiger partial charge in [0.25, 0.3) is 0 Å². The summed E-state index contributed by atoms with van der Waals surface area (Å²) in [6.07, 6.45) is 1.86. The molecule has 0 fully saturated rings. The molecule has 3 heteroatoms. The van der Waals surface area contributed by atoms with Crippen LogP contribution >= 0.6 is 0 Å². The first kappa shape index (κ1) is 19.3.